The Bertz CT molecular complexity index is 944. The van der Waals surface area contributed by atoms with Crippen molar-refractivity contribution in [1.29, 1.82) is 0 Å². The molecule has 1 aromatic heterocycles. The summed E-state index contributed by atoms with van der Waals surface area (Å²) in [4.78, 5) is 15.4. The Balaban J connectivity index is 2.25. The number of alkyl halides is 3. The van der Waals surface area contributed by atoms with Crippen LogP contribution in [-0.2, 0) is 15.7 Å². The number of nitrogens with zero attached hydrogens (tertiary/aromatic N) is 2. The second-order valence-electron chi connectivity index (χ2n) is 5.24. The molecular formula is C18H13F3N2O2. The van der Waals surface area contributed by atoms with Gasteiger partial charge in [0, 0.05) is 17.3 Å². The van der Waals surface area contributed by atoms with Crippen molar-refractivity contribution in [2.45, 2.75) is 6.18 Å². The van der Waals surface area contributed by atoms with E-state index in [1.54, 1.807) is 4.57 Å². The molecule has 0 N–H and O–H groups in total. The van der Waals surface area contributed by atoms with Gasteiger partial charge in [-0.15, -0.1) is 0 Å². The molecule has 2 aromatic carbocycles. The van der Waals surface area contributed by atoms with E-state index in [0.717, 1.165) is 23.9 Å². The number of ether oxygens (including phenoxy) is 1. The standard InChI is InChI=1S/C18H13F3N2O2/c1-25-16(24)8-7-12-9-13(18(19,20)21)10-15-17(12)23(11-22-15)14-5-3-2-4-6-14/h2-11H,1H3/b8-7+. The molecule has 128 valence electrons. The van der Waals surface area contributed by atoms with E-state index in [-0.39, 0.29) is 11.1 Å². The van der Waals surface area contributed by atoms with Crippen LogP contribution in [0.25, 0.3) is 22.8 Å². The molecule has 0 atom stereocenters. The average Bonchev–Trinajstić information content (AvgIpc) is 3.03. The zero-order chi connectivity index (χ0) is 18.0. The highest BCUT2D eigenvalue weighted by Gasteiger charge is 2.31. The fraction of sp³-hybridized carbons (Fsp3) is 0.111. The fourth-order valence-electron chi connectivity index (χ4n) is 2.48. The van der Waals surface area contributed by atoms with Gasteiger partial charge in [-0.3, -0.25) is 4.57 Å². The molecular weight excluding hydrogens is 333 g/mol. The quantitative estimate of drug-likeness (QED) is 0.527. The van der Waals surface area contributed by atoms with Crippen molar-refractivity contribution >= 4 is 23.1 Å². The number of carbonyl (C=O) groups excluding carboxylic acids is 1. The van der Waals surface area contributed by atoms with Crippen LogP contribution in [-0.4, -0.2) is 22.6 Å². The highest BCUT2D eigenvalue weighted by atomic mass is 19.4. The SMILES string of the molecule is COC(=O)/C=C/c1cc(C(F)(F)F)cc2ncn(-c3ccccc3)c12. The number of fused-ring (bicyclic) bond motifs is 1. The molecule has 0 spiro atoms. The molecule has 0 aliphatic heterocycles. The molecule has 3 aromatic rings. The summed E-state index contributed by atoms with van der Waals surface area (Å²) in [5.74, 6) is -0.656. The summed E-state index contributed by atoms with van der Waals surface area (Å²) in [5, 5.41) is 0. The molecule has 0 bridgehead atoms. The number of halogens is 3. The Labute approximate surface area is 141 Å². The van der Waals surface area contributed by atoms with Gasteiger partial charge in [0.1, 0.15) is 6.33 Å². The number of hydrogen-bond acceptors (Lipinski definition) is 3. The number of para-hydroxylation sites is 1. The van der Waals surface area contributed by atoms with Crippen molar-refractivity contribution in [3.8, 4) is 5.69 Å². The lowest BCUT2D eigenvalue weighted by atomic mass is 10.1. The van der Waals surface area contributed by atoms with Gasteiger partial charge in [0.05, 0.1) is 23.7 Å². The monoisotopic (exact) mass is 346 g/mol. The van der Waals surface area contributed by atoms with Crippen LogP contribution in [0.2, 0.25) is 0 Å². The van der Waals surface area contributed by atoms with Gasteiger partial charge in [-0.1, -0.05) is 18.2 Å². The maximum absolute atomic E-state index is 13.1. The molecule has 0 aliphatic carbocycles. The van der Waals surface area contributed by atoms with E-state index in [1.165, 1.54) is 19.5 Å². The molecule has 0 aliphatic rings. The van der Waals surface area contributed by atoms with Gasteiger partial charge >= 0.3 is 12.1 Å². The zero-order valence-corrected chi connectivity index (χ0v) is 13.1. The van der Waals surface area contributed by atoms with Crippen LogP contribution >= 0.6 is 0 Å². The largest absolute Gasteiger partial charge is 0.466 e. The molecule has 3 rings (SSSR count). The third-order valence-corrected chi connectivity index (χ3v) is 3.63. The normalized spacial score (nSPS) is 12.0. The molecule has 0 saturated heterocycles. The Morgan fingerprint density at radius 3 is 2.56 bits per heavy atom. The number of methoxy groups -OCH3 is 1. The zero-order valence-electron chi connectivity index (χ0n) is 13.1. The topological polar surface area (TPSA) is 44.1 Å². The first-order chi connectivity index (χ1) is 11.9. The van der Waals surface area contributed by atoms with Crippen LogP contribution in [0.3, 0.4) is 0 Å². The molecule has 4 nitrogen and oxygen atoms in total. The highest BCUT2D eigenvalue weighted by molar-refractivity contribution is 5.93. The van der Waals surface area contributed by atoms with Gasteiger partial charge in [-0.25, -0.2) is 9.78 Å². The number of imidazole rings is 1. The van der Waals surface area contributed by atoms with E-state index in [4.69, 9.17) is 0 Å². The van der Waals surface area contributed by atoms with Crippen LogP contribution < -0.4 is 0 Å². The van der Waals surface area contributed by atoms with Crippen molar-refractivity contribution in [2.75, 3.05) is 7.11 Å². The smallest absolute Gasteiger partial charge is 0.416 e. The molecule has 25 heavy (non-hydrogen) atoms. The maximum Gasteiger partial charge on any atom is 0.416 e. The number of carbonyl (C=O) groups is 1. The molecule has 0 unspecified atom stereocenters. The van der Waals surface area contributed by atoms with E-state index < -0.39 is 17.7 Å². The summed E-state index contributed by atoms with van der Waals surface area (Å²) in [6, 6.07) is 11.1. The summed E-state index contributed by atoms with van der Waals surface area (Å²) in [6.45, 7) is 0. The molecule has 0 saturated carbocycles. The first kappa shape index (κ1) is 16.8. The third kappa shape index (κ3) is 3.40. The van der Waals surface area contributed by atoms with E-state index in [2.05, 4.69) is 9.72 Å². The van der Waals surface area contributed by atoms with Gasteiger partial charge in [-0.05, 0) is 30.3 Å². The Kier molecular flexibility index (Phi) is 4.31. The number of benzene rings is 2. The summed E-state index contributed by atoms with van der Waals surface area (Å²) >= 11 is 0. The molecule has 1 heterocycles. The number of hydrogen-bond donors (Lipinski definition) is 0. The van der Waals surface area contributed by atoms with Crippen molar-refractivity contribution in [2.24, 2.45) is 0 Å². The minimum atomic E-state index is -4.52. The Hall–Kier alpha value is -3.09. The number of rotatable bonds is 3. The maximum atomic E-state index is 13.1. The predicted molar refractivity (Wildman–Crippen MR) is 87.1 cm³/mol. The lowest BCUT2D eigenvalue weighted by Gasteiger charge is -2.11. The van der Waals surface area contributed by atoms with E-state index in [9.17, 15) is 18.0 Å². The van der Waals surface area contributed by atoms with Crippen molar-refractivity contribution < 1.29 is 22.7 Å². The molecule has 0 amide bonds. The predicted octanol–water partition coefficient (Wildman–Crippen LogP) is 4.23. The van der Waals surface area contributed by atoms with Crippen molar-refractivity contribution in [3.63, 3.8) is 0 Å². The second-order valence-corrected chi connectivity index (χ2v) is 5.24. The molecule has 0 fully saturated rings. The lowest BCUT2D eigenvalue weighted by molar-refractivity contribution is -0.137. The fourth-order valence-corrected chi connectivity index (χ4v) is 2.48. The summed E-state index contributed by atoms with van der Waals surface area (Å²) in [5.41, 5.74) is 0.791. The van der Waals surface area contributed by atoms with Gasteiger partial charge in [0.15, 0.2) is 0 Å². The van der Waals surface area contributed by atoms with Gasteiger partial charge in [-0.2, -0.15) is 13.2 Å². The number of esters is 1. The molecule has 0 radical (unpaired) electrons. The molecule has 7 heteroatoms. The minimum Gasteiger partial charge on any atom is -0.466 e. The Morgan fingerprint density at radius 2 is 1.92 bits per heavy atom. The van der Waals surface area contributed by atoms with Crippen LogP contribution in [0.4, 0.5) is 13.2 Å². The van der Waals surface area contributed by atoms with Crippen LogP contribution in [0.1, 0.15) is 11.1 Å². The van der Waals surface area contributed by atoms with Crippen molar-refractivity contribution in [1.82, 2.24) is 9.55 Å². The van der Waals surface area contributed by atoms with Gasteiger partial charge < -0.3 is 4.74 Å². The average molecular weight is 346 g/mol. The van der Waals surface area contributed by atoms with Crippen LogP contribution in [0.15, 0.2) is 54.9 Å². The van der Waals surface area contributed by atoms with Gasteiger partial charge in [0.25, 0.3) is 0 Å². The second kappa shape index (κ2) is 6.43. The first-order valence-electron chi connectivity index (χ1n) is 7.30. The van der Waals surface area contributed by atoms with E-state index in [0.29, 0.717) is 5.52 Å². The Morgan fingerprint density at radius 1 is 1.20 bits per heavy atom. The first-order valence-corrected chi connectivity index (χ1v) is 7.30. The van der Waals surface area contributed by atoms with E-state index in [1.807, 2.05) is 30.3 Å². The van der Waals surface area contributed by atoms with E-state index >= 15 is 0 Å². The lowest BCUT2D eigenvalue weighted by Crippen LogP contribution is -2.06. The van der Waals surface area contributed by atoms with Crippen LogP contribution in [0.5, 0.6) is 0 Å². The summed E-state index contributed by atoms with van der Waals surface area (Å²) in [7, 11) is 1.20. The van der Waals surface area contributed by atoms with Crippen LogP contribution in [0, 0.1) is 0 Å². The van der Waals surface area contributed by atoms with Crippen molar-refractivity contribution in [3.05, 3.63) is 66.0 Å². The van der Waals surface area contributed by atoms with Gasteiger partial charge in [0.2, 0.25) is 0 Å². The highest BCUT2D eigenvalue weighted by Crippen LogP contribution is 2.34. The number of aromatic nitrogens is 2. The third-order valence-electron chi connectivity index (χ3n) is 3.63. The summed E-state index contributed by atoms with van der Waals surface area (Å²) in [6.07, 6.45) is -0.685. The summed E-state index contributed by atoms with van der Waals surface area (Å²) < 4.78 is 45.6. The minimum absolute atomic E-state index is 0.184.